The van der Waals surface area contributed by atoms with Gasteiger partial charge in [0.2, 0.25) is 0 Å². The van der Waals surface area contributed by atoms with Crippen molar-refractivity contribution in [2.45, 2.75) is 151 Å². The van der Waals surface area contributed by atoms with Crippen molar-refractivity contribution in [2.24, 2.45) is 0 Å². The zero-order valence-corrected chi connectivity index (χ0v) is 112. The van der Waals surface area contributed by atoms with Crippen LogP contribution >= 0.6 is 0 Å². The Balaban J connectivity index is -0.0000000639. The minimum Gasteiger partial charge on any atom is -0.405 e. The Morgan fingerprint density at radius 1 is 0.381 bits per heavy atom. The van der Waals surface area contributed by atoms with Crippen LogP contribution in [0.4, 0.5) is 0 Å². The molecule has 0 spiro atoms. The van der Waals surface area contributed by atoms with Gasteiger partial charge in [-0.3, -0.25) is 19.7 Å². The van der Waals surface area contributed by atoms with E-state index in [1.807, 2.05) is 174 Å². The number of pyridine rings is 3. The largest absolute Gasteiger partial charge is 0.493 e. The minimum absolute atomic E-state index is 0. The summed E-state index contributed by atoms with van der Waals surface area (Å²) in [7, 11) is -1.28. The maximum Gasteiger partial charge on any atom is 0.493 e. The van der Waals surface area contributed by atoms with Crippen LogP contribution < -0.4 is 5.46 Å². The van der Waals surface area contributed by atoms with Crippen LogP contribution in [-0.4, -0.2) is 81.8 Å². The van der Waals surface area contributed by atoms with Gasteiger partial charge in [0.25, 0.3) is 0 Å². The Labute approximate surface area is 886 Å². The van der Waals surface area contributed by atoms with Gasteiger partial charge in [-0.1, -0.05) is 125 Å². The summed E-state index contributed by atoms with van der Waals surface area (Å²) in [6.45, 7) is 34.5. The third kappa shape index (κ3) is 42.8. The standard InChI is InChI=1S/C16H10NO.C15H17BNO2.C12H24B2O4.C10H8N.C7H5O.2C2H6.16W.3Y/c18-16(12-5-2-1-3-6-12)14-8-9-15-13(11-14)7-4-10-17-15;1-14(2)15(3,4)19-16(18-14)12-7-8-13-11(10-12)6-5-9-17-13;1-9(2)10(3,4)16-13(15-9)14-17-11(5,6)12(7,8)18-14;1-8-4-5-10-9(7-8)3-2-6-11-10;8-6-7-4-2-1-3-5-7;2*1-2;;;;;;;;;;;;;;;;;;;/h1-3,5-11H;6-10H,1-4H3;1-8H3;3-7H,1H3;1-5H;2*1-2H3;;;;;;;;;;;;;;;;;;;/q2*-1;;2*-1;;;;;;;;;;;;;;;;;;;;;. The molecule has 3 radical (unpaired) electrons. The summed E-state index contributed by atoms with van der Waals surface area (Å²) in [6, 6.07) is 50.5. The summed E-state index contributed by atoms with van der Waals surface area (Å²) < 4.78 is 35.9. The van der Waals surface area contributed by atoms with E-state index in [0.717, 1.165) is 38.2 Å². The molecule has 0 amide bonds. The molecule has 0 aliphatic carbocycles. The van der Waals surface area contributed by atoms with Crippen LogP contribution in [0.1, 0.15) is 138 Å². The monoisotopic (exact) mass is 4260 g/mol. The fourth-order valence-electron chi connectivity index (χ4n) is 7.73. The van der Waals surface area contributed by atoms with Crippen molar-refractivity contribution in [3.05, 3.63) is 193 Å². The number of aromatic nitrogens is 3. The average molecular weight is 4260 g/mol. The summed E-state index contributed by atoms with van der Waals surface area (Å²) in [6.07, 6.45) is 6.77. The number of carbonyl (C=O) groups is 1. The molecule has 11 nitrogen and oxygen atoms in total. The first-order valence-corrected chi connectivity index (χ1v) is 26.7. The molecule has 0 atom stereocenters. The first-order valence-electron chi connectivity index (χ1n) is 26.7. The van der Waals surface area contributed by atoms with E-state index >= 15 is 0 Å². The van der Waals surface area contributed by atoms with E-state index in [9.17, 15) is 9.59 Å². The van der Waals surface area contributed by atoms with Crippen molar-refractivity contribution in [3.8, 4) is 0 Å². The Bertz CT molecular complexity index is 3190. The van der Waals surface area contributed by atoms with Crippen molar-refractivity contribution in [2.75, 3.05) is 0 Å². The number of benzene rings is 5. The molecule has 0 unspecified atom stereocenters. The van der Waals surface area contributed by atoms with Gasteiger partial charge in [-0.05, 0) is 112 Å². The molecule has 3 aliphatic rings. The van der Waals surface area contributed by atoms with Gasteiger partial charge in [0.1, 0.15) is 0 Å². The Morgan fingerprint density at radius 3 is 1.02 bits per heavy atom. The van der Waals surface area contributed by atoms with E-state index in [0.29, 0.717) is 16.7 Å². The summed E-state index contributed by atoms with van der Waals surface area (Å²) >= 11 is 0. The summed E-state index contributed by atoms with van der Waals surface area (Å²) in [4.78, 5) is 34.8. The van der Waals surface area contributed by atoms with Gasteiger partial charge in [0, 0.05) is 446 Å². The van der Waals surface area contributed by atoms with Gasteiger partial charge in [-0.25, -0.2) is 36.4 Å². The molecule has 3 aromatic heterocycles. The number of ketones is 1. The Hall–Kier alpha value is 7.95. The summed E-state index contributed by atoms with van der Waals surface area (Å²) in [5.41, 5.74) is 5.07. The van der Waals surface area contributed by atoms with Crippen LogP contribution in [0, 0.1) is 25.1 Å². The molecule has 513 valence electrons. The maximum absolute atomic E-state index is 12.3. The smallest absolute Gasteiger partial charge is 0.405 e. The molecule has 33 heteroatoms. The molecular weight excluding hydrogens is 4180 g/mol. The quantitative estimate of drug-likeness (QED) is 0.0928. The van der Waals surface area contributed by atoms with Crippen molar-refractivity contribution < 1.29 is 473 Å². The Morgan fingerprint density at radius 2 is 0.680 bits per heavy atom. The van der Waals surface area contributed by atoms with Gasteiger partial charge < -0.3 is 32.7 Å². The van der Waals surface area contributed by atoms with E-state index in [-0.39, 0.29) is 482 Å². The van der Waals surface area contributed by atoms with E-state index in [4.69, 9.17) is 27.9 Å². The van der Waals surface area contributed by atoms with Crippen molar-refractivity contribution in [1.82, 2.24) is 15.0 Å². The first kappa shape index (κ1) is 140. The number of hydrogen-bond donors (Lipinski definition) is 0. The number of hydrogen-bond acceptors (Lipinski definition) is 11. The second-order valence-corrected chi connectivity index (χ2v) is 21.4. The van der Waals surface area contributed by atoms with Crippen molar-refractivity contribution >= 4 is 71.4 Å². The molecule has 3 aliphatic heterocycles. The van der Waals surface area contributed by atoms with E-state index in [1.165, 1.54) is 5.56 Å². The van der Waals surface area contributed by atoms with Crippen LogP contribution in [0.5, 0.6) is 0 Å². The maximum atomic E-state index is 12.3. The van der Waals surface area contributed by atoms with Gasteiger partial charge >= 0.3 is 21.1 Å². The second-order valence-electron chi connectivity index (χ2n) is 21.4. The molecule has 0 saturated carbocycles. The van der Waals surface area contributed by atoms with Crippen molar-refractivity contribution in [1.29, 1.82) is 0 Å². The van der Waals surface area contributed by atoms with E-state index in [2.05, 4.69) is 86.0 Å². The number of rotatable bonds is 5. The first-order chi connectivity index (χ1) is 36.9. The number of aryl methyl sites for hydroxylation is 1. The fourth-order valence-corrected chi connectivity index (χ4v) is 7.73. The van der Waals surface area contributed by atoms with Gasteiger partial charge in [0.15, 0.2) is 5.78 Å². The predicted octanol–water partition coefficient (Wildman–Crippen LogP) is 13.3. The van der Waals surface area contributed by atoms with Gasteiger partial charge in [-0.2, -0.15) is 17.7 Å². The summed E-state index contributed by atoms with van der Waals surface area (Å²) in [5, 5.41) is 3.14. The molecule has 0 N–H and O–H groups in total. The SMILES string of the molecule is CC.CC.CC1(C)OB(B2OC(C)(C)C(C)(C)O2)OC1(C)C.CC1(C)OB(c2ccc3nc[c-]cc3c2)OC1(C)C.Cc1ccc2nc[c-]cc2c1.O=C(c1ccccc1)c1ccc2nc[c-]cc2c1.O=[C-]c1ccccc1.[W].[W].[W].[W].[W].[W].[W].[W].[W].[W].[W].[W].[W].[W].[W].[W].[Y].[Y].[Y]. The molecule has 3 saturated heterocycles. The zero-order valence-electron chi connectivity index (χ0n) is 57.0. The molecule has 3 fully saturated rings. The second kappa shape index (κ2) is 68.4. The summed E-state index contributed by atoms with van der Waals surface area (Å²) in [5.74, 6) is 0.0290. The minimum atomic E-state index is -0.476. The van der Waals surface area contributed by atoms with Crippen LogP contribution in [0.2, 0.25) is 0 Å². The van der Waals surface area contributed by atoms with Gasteiger partial charge in [-0.15, -0.1) is 46.5 Å². The molecule has 0 bridgehead atoms. The number of fused-ring (bicyclic) bond motifs is 3. The number of carbonyl (C=O) groups excluding carboxylic acids is 2. The van der Waals surface area contributed by atoms with E-state index < -0.39 is 14.0 Å². The van der Waals surface area contributed by atoms with Crippen molar-refractivity contribution in [3.63, 3.8) is 0 Å². The molecule has 8 aromatic rings. The Kier molecular flexibility index (Phi) is 98.8. The third-order valence-electron chi connectivity index (χ3n) is 14.3. The topological polar surface area (TPSA) is 128 Å². The fraction of sp³-hybridized carbons (Fsp3) is 0.359. The molecule has 5 aromatic carbocycles. The van der Waals surface area contributed by atoms with Gasteiger partial charge in [0.05, 0.1) is 39.9 Å². The molecule has 6 heterocycles. The van der Waals surface area contributed by atoms with Crippen LogP contribution in [0.25, 0.3) is 32.7 Å². The molecule has 11 rings (SSSR count). The van der Waals surface area contributed by atoms with Crippen LogP contribution in [-0.2, 0) is 468 Å². The molecule has 97 heavy (non-hydrogen) atoms. The van der Waals surface area contributed by atoms with Crippen LogP contribution in [0.3, 0.4) is 0 Å². The number of nitrogens with zero attached hydrogens (tertiary/aromatic N) is 3. The third-order valence-corrected chi connectivity index (χ3v) is 14.3. The molecular formula is C64H76B3N3O8W16Y3-4. The van der Waals surface area contributed by atoms with E-state index in [1.54, 1.807) is 49.1 Å². The normalized spacial score (nSPS) is 14.0. The average Bonchev–Trinajstić information content (AvgIpc) is 1.62. The van der Waals surface area contributed by atoms with Crippen LogP contribution in [0.15, 0.2) is 152 Å². The zero-order chi connectivity index (χ0) is 57.5. The predicted molar refractivity (Wildman–Crippen MR) is 318 cm³/mol.